The molecule has 0 aliphatic carbocycles. The van der Waals surface area contributed by atoms with Crippen LogP contribution >= 0.6 is 0 Å². The first kappa shape index (κ1) is 15.6. The highest BCUT2D eigenvalue weighted by molar-refractivity contribution is 5.99. The van der Waals surface area contributed by atoms with Crippen molar-refractivity contribution in [3.8, 4) is 5.75 Å². The van der Waals surface area contributed by atoms with E-state index in [1.807, 2.05) is 32.0 Å². The van der Waals surface area contributed by atoms with Crippen molar-refractivity contribution in [3.63, 3.8) is 0 Å². The number of carbonyl (C=O) groups is 1. The lowest BCUT2D eigenvalue weighted by Gasteiger charge is -2.22. The standard InChI is InChI=1S/C19H22N2O2/c1-12-9-15(22)10-13(2)16(12)11-17(20)19(23)21-8-7-14-5-3-4-6-18(14)21/h3-6,9-10,17,22H,7-8,11,20H2,1-2H3/t17-/m1/s1. The smallest absolute Gasteiger partial charge is 0.244 e. The maximum atomic E-state index is 12.8. The lowest BCUT2D eigenvalue weighted by Crippen LogP contribution is -2.44. The summed E-state index contributed by atoms with van der Waals surface area (Å²) in [5.41, 5.74) is 11.4. The minimum Gasteiger partial charge on any atom is -0.508 e. The van der Waals surface area contributed by atoms with Crippen LogP contribution in [0.15, 0.2) is 36.4 Å². The fraction of sp³-hybridized carbons (Fsp3) is 0.316. The number of carbonyl (C=O) groups excluding carboxylic acids is 1. The van der Waals surface area contributed by atoms with E-state index in [1.54, 1.807) is 17.0 Å². The van der Waals surface area contributed by atoms with Crippen LogP contribution in [-0.4, -0.2) is 23.6 Å². The van der Waals surface area contributed by atoms with E-state index in [0.717, 1.165) is 28.8 Å². The zero-order chi connectivity index (χ0) is 16.6. The van der Waals surface area contributed by atoms with Crippen LogP contribution in [0.3, 0.4) is 0 Å². The highest BCUT2D eigenvalue weighted by Gasteiger charge is 2.28. The molecule has 120 valence electrons. The predicted octanol–water partition coefficient (Wildman–Crippen LogP) is 2.47. The van der Waals surface area contributed by atoms with Crippen molar-refractivity contribution in [2.45, 2.75) is 32.7 Å². The third-order valence-corrected chi connectivity index (χ3v) is 4.58. The zero-order valence-electron chi connectivity index (χ0n) is 13.5. The first-order valence-corrected chi connectivity index (χ1v) is 7.91. The number of phenols is 1. The quantitative estimate of drug-likeness (QED) is 0.915. The third kappa shape index (κ3) is 2.94. The Morgan fingerprint density at radius 3 is 2.61 bits per heavy atom. The van der Waals surface area contributed by atoms with Gasteiger partial charge in [-0.2, -0.15) is 0 Å². The molecule has 1 amide bonds. The van der Waals surface area contributed by atoms with Crippen LogP contribution in [0, 0.1) is 13.8 Å². The van der Waals surface area contributed by atoms with Crippen molar-refractivity contribution >= 4 is 11.6 Å². The van der Waals surface area contributed by atoms with Crippen LogP contribution in [0.2, 0.25) is 0 Å². The summed E-state index contributed by atoms with van der Waals surface area (Å²) in [4.78, 5) is 14.6. The van der Waals surface area contributed by atoms with Crippen LogP contribution in [0.5, 0.6) is 5.75 Å². The number of phenolic OH excluding ortho intramolecular Hbond substituents is 1. The summed E-state index contributed by atoms with van der Waals surface area (Å²) in [7, 11) is 0. The Hall–Kier alpha value is -2.33. The van der Waals surface area contributed by atoms with Gasteiger partial charge in [0.1, 0.15) is 5.75 Å². The molecular weight excluding hydrogens is 288 g/mol. The van der Waals surface area contributed by atoms with Gasteiger partial charge in [-0.25, -0.2) is 0 Å². The van der Waals surface area contributed by atoms with Crippen molar-refractivity contribution < 1.29 is 9.90 Å². The molecule has 3 rings (SSSR count). The summed E-state index contributed by atoms with van der Waals surface area (Å²) in [6.07, 6.45) is 1.36. The molecule has 0 saturated heterocycles. The summed E-state index contributed by atoms with van der Waals surface area (Å²) in [5.74, 6) is 0.207. The molecule has 1 heterocycles. The van der Waals surface area contributed by atoms with Gasteiger partial charge in [0, 0.05) is 12.2 Å². The molecule has 0 unspecified atom stereocenters. The average Bonchev–Trinajstić information content (AvgIpc) is 2.93. The van der Waals surface area contributed by atoms with E-state index in [2.05, 4.69) is 6.07 Å². The number of anilines is 1. The number of rotatable bonds is 3. The summed E-state index contributed by atoms with van der Waals surface area (Å²) < 4.78 is 0. The van der Waals surface area contributed by atoms with Gasteiger partial charge in [-0.15, -0.1) is 0 Å². The van der Waals surface area contributed by atoms with E-state index in [-0.39, 0.29) is 11.7 Å². The van der Waals surface area contributed by atoms with E-state index in [0.29, 0.717) is 13.0 Å². The van der Waals surface area contributed by atoms with Gasteiger partial charge in [0.05, 0.1) is 6.04 Å². The fourth-order valence-electron chi connectivity index (χ4n) is 3.37. The molecule has 0 fully saturated rings. The maximum Gasteiger partial charge on any atom is 0.244 e. The van der Waals surface area contributed by atoms with Gasteiger partial charge in [0.15, 0.2) is 0 Å². The Bertz CT molecular complexity index is 732. The Labute approximate surface area is 136 Å². The molecule has 0 aromatic heterocycles. The summed E-state index contributed by atoms with van der Waals surface area (Å²) in [6.45, 7) is 4.56. The number of benzene rings is 2. The molecule has 1 atom stereocenters. The van der Waals surface area contributed by atoms with Gasteiger partial charge in [-0.3, -0.25) is 4.79 Å². The molecular formula is C19H22N2O2. The molecule has 23 heavy (non-hydrogen) atoms. The molecule has 2 aromatic rings. The second kappa shape index (κ2) is 6.05. The molecule has 4 nitrogen and oxygen atoms in total. The molecule has 0 saturated carbocycles. The Morgan fingerprint density at radius 2 is 1.91 bits per heavy atom. The van der Waals surface area contributed by atoms with Gasteiger partial charge in [0.2, 0.25) is 5.91 Å². The first-order valence-electron chi connectivity index (χ1n) is 7.91. The van der Waals surface area contributed by atoms with Crippen LogP contribution in [0.1, 0.15) is 22.3 Å². The third-order valence-electron chi connectivity index (χ3n) is 4.58. The Morgan fingerprint density at radius 1 is 1.26 bits per heavy atom. The molecule has 1 aliphatic heterocycles. The highest BCUT2D eigenvalue weighted by atomic mass is 16.3. The van der Waals surface area contributed by atoms with Crippen molar-refractivity contribution in [1.29, 1.82) is 0 Å². The number of para-hydroxylation sites is 1. The predicted molar refractivity (Wildman–Crippen MR) is 91.8 cm³/mol. The first-order chi connectivity index (χ1) is 11.0. The van der Waals surface area contributed by atoms with Crippen LogP contribution in [-0.2, 0) is 17.6 Å². The minimum absolute atomic E-state index is 0.0400. The molecule has 0 radical (unpaired) electrons. The average molecular weight is 310 g/mol. The number of nitrogens with two attached hydrogens (primary N) is 1. The summed E-state index contributed by atoms with van der Waals surface area (Å²) in [5, 5.41) is 9.64. The van der Waals surface area contributed by atoms with Crippen LogP contribution < -0.4 is 10.6 Å². The van der Waals surface area contributed by atoms with E-state index in [1.165, 1.54) is 5.56 Å². The lowest BCUT2D eigenvalue weighted by atomic mass is 9.95. The molecule has 0 bridgehead atoms. The zero-order valence-corrected chi connectivity index (χ0v) is 13.5. The van der Waals surface area contributed by atoms with Gasteiger partial charge in [0.25, 0.3) is 0 Å². The minimum atomic E-state index is -0.580. The van der Waals surface area contributed by atoms with E-state index < -0.39 is 6.04 Å². The van der Waals surface area contributed by atoms with Crippen molar-refractivity contribution in [3.05, 3.63) is 58.7 Å². The number of nitrogens with zero attached hydrogens (tertiary/aromatic N) is 1. The maximum absolute atomic E-state index is 12.8. The monoisotopic (exact) mass is 310 g/mol. The number of aromatic hydroxyl groups is 1. The lowest BCUT2D eigenvalue weighted by molar-refractivity contribution is -0.119. The van der Waals surface area contributed by atoms with E-state index >= 15 is 0 Å². The van der Waals surface area contributed by atoms with Gasteiger partial charge >= 0.3 is 0 Å². The van der Waals surface area contributed by atoms with Crippen LogP contribution in [0.25, 0.3) is 0 Å². The number of hydrogen-bond acceptors (Lipinski definition) is 3. The fourth-order valence-corrected chi connectivity index (χ4v) is 3.37. The largest absolute Gasteiger partial charge is 0.508 e. The van der Waals surface area contributed by atoms with Crippen molar-refractivity contribution in [1.82, 2.24) is 0 Å². The second-order valence-electron chi connectivity index (χ2n) is 6.24. The number of fused-ring (bicyclic) bond motifs is 1. The normalized spacial score (nSPS) is 14.7. The van der Waals surface area contributed by atoms with Gasteiger partial charge in [-0.05, 0) is 67.1 Å². The summed E-state index contributed by atoms with van der Waals surface area (Å²) in [6, 6.07) is 10.8. The Kier molecular flexibility index (Phi) is 4.09. The van der Waals surface area contributed by atoms with E-state index in [9.17, 15) is 9.90 Å². The Balaban J connectivity index is 1.80. The SMILES string of the molecule is Cc1cc(O)cc(C)c1C[C@@H](N)C(=O)N1CCc2ccccc21. The molecule has 2 aromatic carbocycles. The summed E-state index contributed by atoms with van der Waals surface area (Å²) >= 11 is 0. The molecule has 0 spiro atoms. The van der Waals surface area contributed by atoms with Crippen LogP contribution in [0.4, 0.5) is 5.69 Å². The van der Waals surface area contributed by atoms with E-state index in [4.69, 9.17) is 5.73 Å². The second-order valence-corrected chi connectivity index (χ2v) is 6.24. The molecule has 3 N–H and O–H groups in total. The van der Waals surface area contributed by atoms with Gasteiger partial charge < -0.3 is 15.7 Å². The molecule has 1 aliphatic rings. The van der Waals surface area contributed by atoms with Gasteiger partial charge in [-0.1, -0.05) is 18.2 Å². The number of aryl methyl sites for hydroxylation is 2. The van der Waals surface area contributed by atoms with Crippen molar-refractivity contribution in [2.24, 2.45) is 5.73 Å². The topological polar surface area (TPSA) is 66.6 Å². The number of amides is 1. The van der Waals surface area contributed by atoms with Crippen molar-refractivity contribution in [2.75, 3.05) is 11.4 Å². The highest BCUT2D eigenvalue weighted by Crippen LogP contribution is 2.28. The molecule has 4 heteroatoms. The number of hydrogen-bond donors (Lipinski definition) is 2.